The molecule has 1 rings (SSSR count). The average molecular weight is 352 g/mol. The number of ether oxygens (including phenoxy) is 1. The van der Waals surface area contributed by atoms with Gasteiger partial charge >= 0.3 is 5.97 Å². The van der Waals surface area contributed by atoms with E-state index in [2.05, 4.69) is 6.92 Å². The molecular formula is C20H32O5. The lowest BCUT2D eigenvalue weighted by Gasteiger charge is -2.32. The van der Waals surface area contributed by atoms with Crippen LogP contribution in [0.1, 0.15) is 85.0 Å². The molecule has 142 valence electrons. The van der Waals surface area contributed by atoms with E-state index in [1.807, 2.05) is 0 Å². The second-order valence-corrected chi connectivity index (χ2v) is 7.28. The van der Waals surface area contributed by atoms with Gasteiger partial charge in [-0.1, -0.05) is 26.7 Å². The smallest absolute Gasteiger partial charge is 0.309 e. The van der Waals surface area contributed by atoms with Gasteiger partial charge in [0.15, 0.2) is 0 Å². The largest absolute Gasteiger partial charge is 0.462 e. The molecule has 5 heteroatoms. The Morgan fingerprint density at radius 1 is 1.08 bits per heavy atom. The van der Waals surface area contributed by atoms with E-state index in [-0.39, 0.29) is 47.7 Å². The molecule has 1 saturated heterocycles. The molecule has 3 atom stereocenters. The predicted octanol–water partition coefficient (Wildman–Crippen LogP) is 3.81. The first-order valence-corrected chi connectivity index (χ1v) is 9.59. The Bertz CT molecular complexity index is 482. The summed E-state index contributed by atoms with van der Waals surface area (Å²) in [4.78, 5) is 46.9. The number of hydrogen-bond donors (Lipinski definition) is 0. The first kappa shape index (κ1) is 21.5. The van der Waals surface area contributed by atoms with E-state index in [9.17, 15) is 19.2 Å². The quantitative estimate of drug-likeness (QED) is 0.303. The molecule has 3 unspecified atom stereocenters. The van der Waals surface area contributed by atoms with E-state index in [0.717, 1.165) is 25.7 Å². The average Bonchev–Trinajstić information content (AvgIpc) is 2.54. The lowest BCUT2D eigenvalue weighted by atomic mass is 9.80. The van der Waals surface area contributed by atoms with Crippen LogP contribution in [-0.2, 0) is 23.9 Å². The van der Waals surface area contributed by atoms with Crippen LogP contribution in [0.2, 0.25) is 0 Å². The molecule has 1 heterocycles. The van der Waals surface area contributed by atoms with Crippen LogP contribution >= 0.6 is 0 Å². The number of unbranched alkanes of at least 4 members (excludes halogenated alkanes) is 3. The minimum Gasteiger partial charge on any atom is -0.462 e. The minimum absolute atomic E-state index is 0.0150. The normalized spacial score (nSPS) is 23.2. The Kier molecular flexibility index (Phi) is 9.61. The van der Waals surface area contributed by atoms with E-state index >= 15 is 0 Å². The molecule has 1 fully saturated rings. The number of carbonyl (C=O) groups is 4. The van der Waals surface area contributed by atoms with Crippen LogP contribution in [0.25, 0.3) is 0 Å². The second kappa shape index (κ2) is 11.2. The van der Waals surface area contributed by atoms with Crippen LogP contribution in [-0.4, -0.2) is 29.4 Å². The monoisotopic (exact) mass is 352 g/mol. The molecular weight excluding hydrogens is 320 g/mol. The third kappa shape index (κ3) is 7.93. The van der Waals surface area contributed by atoms with Crippen LogP contribution in [0.15, 0.2) is 0 Å². The van der Waals surface area contributed by atoms with E-state index < -0.39 is 0 Å². The lowest BCUT2D eigenvalue weighted by Crippen LogP contribution is -2.40. The standard InChI is InChI=1S/C20H32O5/c1-4-5-6-10-17-13-18(15(3)20(24)25-17)19(23)11-8-7-9-16(22)12-14(2)21/h15,17-18H,4-13H2,1-3H3. The van der Waals surface area contributed by atoms with Crippen molar-refractivity contribution in [2.75, 3.05) is 0 Å². The molecule has 0 aromatic rings. The summed E-state index contributed by atoms with van der Waals surface area (Å²) in [5, 5.41) is 0. The van der Waals surface area contributed by atoms with E-state index in [1.54, 1.807) is 6.92 Å². The molecule has 0 aromatic heterocycles. The summed E-state index contributed by atoms with van der Waals surface area (Å²) < 4.78 is 5.45. The van der Waals surface area contributed by atoms with Crippen molar-refractivity contribution >= 4 is 23.3 Å². The topological polar surface area (TPSA) is 77.5 Å². The van der Waals surface area contributed by atoms with E-state index in [0.29, 0.717) is 32.1 Å². The zero-order chi connectivity index (χ0) is 18.8. The Hall–Kier alpha value is -1.52. The highest BCUT2D eigenvalue weighted by Gasteiger charge is 2.38. The second-order valence-electron chi connectivity index (χ2n) is 7.28. The van der Waals surface area contributed by atoms with Gasteiger partial charge in [-0.3, -0.25) is 19.2 Å². The molecule has 25 heavy (non-hydrogen) atoms. The van der Waals surface area contributed by atoms with Gasteiger partial charge in [0.1, 0.15) is 23.5 Å². The molecule has 0 aliphatic carbocycles. The summed E-state index contributed by atoms with van der Waals surface area (Å²) in [5.41, 5.74) is 0. The number of hydrogen-bond acceptors (Lipinski definition) is 5. The third-order valence-corrected chi connectivity index (χ3v) is 4.89. The summed E-state index contributed by atoms with van der Waals surface area (Å²) >= 11 is 0. The van der Waals surface area contributed by atoms with E-state index in [1.165, 1.54) is 6.92 Å². The maximum absolute atomic E-state index is 12.5. The molecule has 1 aliphatic heterocycles. The number of rotatable bonds is 12. The minimum atomic E-state index is -0.380. The van der Waals surface area contributed by atoms with Gasteiger partial charge < -0.3 is 4.74 Å². The summed E-state index contributed by atoms with van der Waals surface area (Å²) in [7, 11) is 0. The Morgan fingerprint density at radius 2 is 1.76 bits per heavy atom. The van der Waals surface area contributed by atoms with Gasteiger partial charge in [-0.05, 0) is 39.0 Å². The molecule has 0 radical (unpaired) electrons. The van der Waals surface area contributed by atoms with Gasteiger partial charge in [0, 0.05) is 18.8 Å². The molecule has 0 N–H and O–H groups in total. The fraction of sp³-hybridized carbons (Fsp3) is 0.800. The fourth-order valence-electron chi connectivity index (χ4n) is 3.35. The highest BCUT2D eigenvalue weighted by Crippen LogP contribution is 2.31. The summed E-state index contributed by atoms with van der Waals surface area (Å²) in [6.07, 6.45) is 6.51. The predicted molar refractivity (Wildman–Crippen MR) is 95.1 cm³/mol. The molecule has 0 saturated carbocycles. The SMILES string of the molecule is CCCCCC1CC(C(=O)CCCCC(=O)CC(C)=O)C(C)C(=O)O1. The van der Waals surface area contributed by atoms with Crippen LogP contribution in [0.4, 0.5) is 0 Å². The van der Waals surface area contributed by atoms with E-state index in [4.69, 9.17) is 4.74 Å². The zero-order valence-corrected chi connectivity index (χ0v) is 15.8. The maximum atomic E-state index is 12.5. The van der Waals surface area contributed by atoms with Crippen molar-refractivity contribution in [3.63, 3.8) is 0 Å². The number of cyclic esters (lactones) is 1. The van der Waals surface area contributed by atoms with Gasteiger partial charge in [0.25, 0.3) is 0 Å². The van der Waals surface area contributed by atoms with Crippen molar-refractivity contribution in [2.45, 2.75) is 91.1 Å². The Morgan fingerprint density at radius 3 is 2.40 bits per heavy atom. The molecule has 0 spiro atoms. The number of ketones is 3. The van der Waals surface area contributed by atoms with Crippen LogP contribution in [0.5, 0.6) is 0 Å². The molecule has 0 bridgehead atoms. The highest BCUT2D eigenvalue weighted by molar-refractivity contribution is 5.97. The lowest BCUT2D eigenvalue weighted by molar-refractivity contribution is -0.167. The van der Waals surface area contributed by atoms with Crippen LogP contribution < -0.4 is 0 Å². The fourth-order valence-corrected chi connectivity index (χ4v) is 3.35. The first-order valence-electron chi connectivity index (χ1n) is 9.59. The van der Waals surface area contributed by atoms with Gasteiger partial charge in [0.05, 0.1) is 12.3 Å². The van der Waals surface area contributed by atoms with Gasteiger partial charge in [-0.2, -0.15) is 0 Å². The van der Waals surface area contributed by atoms with Crippen molar-refractivity contribution in [3.8, 4) is 0 Å². The highest BCUT2D eigenvalue weighted by atomic mass is 16.5. The zero-order valence-electron chi connectivity index (χ0n) is 15.8. The summed E-state index contributed by atoms with van der Waals surface area (Å²) in [5.74, 6) is -0.989. The summed E-state index contributed by atoms with van der Waals surface area (Å²) in [6.45, 7) is 5.30. The maximum Gasteiger partial charge on any atom is 0.309 e. The summed E-state index contributed by atoms with van der Waals surface area (Å²) in [6, 6.07) is 0. The van der Waals surface area contributed by atoms with Gasteiger partial charge in [-0.15, -0.1) is 0 Å². The van der Waals surface area contributed by atoms with Crippen molar-refractivity contribution in [3.05, 3.63) is 0 Å². The number of esters is 1. The molecule has 0 aromatic carbocycles. The molecule has 5 nitrogen and oxygen atoms in total. The number of Topliss-reactive ketones (excluding diaryl/α,β-unsaturated/α-hetero) is 3. The molecule has 0 amide bonds. The molecule has 1 aliphatic rings. The number of carbonyl (C=O) groups excluding carboxylic acids is 4. The van der Waals surface area contributed by atoms with Crippen molar-refractivity contribution in [1.82, 2.24) is 0 Å². The van der Waals surface area contributed by atoms with Gasteiger partial charge in [0.2, 0.25) is 0 Å². The first-order chi connectivity index (χ1) is 11.8. The third-order valence-electron chi connectivity index (χ3n) is 4.89. The van der Waals surface area contributed by atoms with Gasteiger partial charge in [-0.25, -0.2) is 0 Å². The van der Waals surface area contributed by atoms with Crippen LogP contribution in [0.3, 0.4) is 0 Å². The van der Waals surface area contributed by atoms with Crippen molar-refractivity contribution in [2.24, 2.45) is 11.8 Å². The Labute approximate surface area is 150 Å². The van der Waals surface area contributed by atoms with Crippen molar-refractivity contribution < 1.29 is 23.9 Å². The van der Waals surface area contributed by atoms with Crippen molar-refractivity contribution in [1.29, 1.82) is 0 Å². The Balaban J connectivity index is 2.39. The van der Waals surface area contributed by atoms with Crippen LogP contribution in [0, 0.1) is 11.8 Å².